The number of hydrogen-bond acceptors (Lipinski definition) is 3. The van der Waals surface area contributed by atoms with Gasteiger partial charge in [-0.2, -0.15) is 0 Å². The fraction of sp³-hybridized carbons (Fsp3) is 0.462. The smallest absolute Gasteiger partial charge is 0.185 e. The highest BCUT2D eigenvalue weighted by Gasteiger charge is 2.36. The Morgan fingerprint density at radius 3 is 2.74 bits per heavy atom. The number of ether oxygens (including phenoxy) is 1. The van der Waals surface area contributed by atoms with Crippen LogP contribution in [0, 0.1) is 3.57 Å². The molecule has 0 saturated carbocycles. The summed E-state index contributed by atoms with van der Waals surface area (Å²) in [7, 11) is 2.10. The fourth-order valence-corrected chi connectivity index (χ4v) is 2.99. The van der Waals surface area contributed by atoms with Crippen LogP contribution in [0.3, 0.4) is 0 Å². The Morgan fingerprint density at radius 2 is 2.16 bits per heavy atom. The Hall–Kier alpha value is -0.105. The van der Waals surface area contributed by atoms with E-state index in [0.29, 0.717) is 0 Å². The van der Waals surface area contributed by atoms with Gasteiger partial charge in [0, 0.05) is 3.57 Å². The van der Waals surface area contributed by atoms with E-state index in [4.69, 9.17) is 16.3 Å². The van der Waals surface area contributed by atoms with Gasteiger partial charge in [0.25, 0.3) is 0 Å². The van der Waals surface area contributed by atoms with Crippen LogP contribution in [0.15, 0.2) is 18.2 Å². The largest absolute Gasteiger partial charge is 0.363 e. The minimum absolute atomic E-state index is 0.132. The zero-order valence-corrected chi connectivity index (χ0v) is 13.8. The number of carbonyl (C=O) groups excluding carboxylic acids is 1. The number of nitrogens with zero attached hydrogens (tertiary/aromatic N) is 1. The first-order valence-electron chi connectivity index (χ1n) is 6.29. The van der Waals surface area contributed by atoms with E-state index in [0.717, 1.165) is 46.4 Å². The van der Waals surface area contributed by atoms with Gasteiger partial charge in [-0.1, -0.05) is 17.7 Å². The number of benzene rings is 1. The van der Waals surface area contributed by atoms with Crippen molar-refractivity contribution in [2.75, 3.05) is 19.7 Å². The van der Waals surface area contributed by atoms with Crippen molar-refractivity contribution in [3.63, 3.8) is 0 Å². The third kappa shape index (κ3) is 3.51. The molecular formula is C13H16BClINO2. The zero-order valence-electron chi connectivity index (χ0n) is 10.9. The van der Waals surface area contributed by atoms with Gasteiger partial charge in [0.1, 0.15) is 12.9 Å². The molecule has 1 saturated heterocycles. The molecule has 6 heteroatoms. The Bertz CT molecular complexity index is 464. The molecule has 0 bridgehead atoms. The number of carbonyl (C=O) groups is 1. The third-order valence-electron chi connectivity index (χ3n) is 3.67. The molecule has 2 rings (SSSR count). The van der Waals surface area contributed by atoms with Crippen LogP contribution in [-0.2, 0) is 15.1 Å². The van der Waals surface area contributed by atoms with Gasteiger partial charge in [0.05, 0.1) is 10.6 Å². The minimum Gasteiger partial charge on any atom is -0.363 e. The normalized spacial score (nSPS) is 19.3. The molecule has 0 N–H and O–H groups in total. The van der Waals surface area contributed by atoms with Crippen LogP contribution in [0.2, 0.25) is 5.02 Å². The van der Waals surface area contributed by atoms with Gasteiger partial charge in [-0.25, -0.2) is 0 Å². The monoisotopic (exact) mass is 391 g/mol. The summed E-state index contributed by atoms with van der Waals surface area (Å²) < 4.78 is 6.92. The van der Waals surface area contributed by atoms with Crippen LogP contribution >= 0.6 is 34.2 Å². The van der Waals surface area contributed by atoms with E-state index in [1.807, 2.05) is 12.1 Å². The molecule has 0 unspecified atom stereocenters. The second-order valence-electron chi connectivity index (χ2n) is 4.90. The molecule has 1 aliphatic rings. The Labute approximate surface area is 133 Å². The van der Waals surface area contributed by atoms with Crippen LogP contribution in [0.5, 0.6) is 0 Å². The molecule has 0 aromatic heterocycles. The van der Waals surface area contributed by atoms with Crippen LogP contribution in [0.1, 0.15) is 18.4 Å². The molecule has 1 aromatic rings. The van der Waals surface area contributed by atoms with Crippen molar-refractivity contribution < 1.29 is 9.53 Å². The van der Waals surface area contributed by atoms with Crippen molar-refractivity contribution >= 4 is 48.5 Å². The molecule has 19 heavy (non-hydrogen) atoms. The summed E-state index contributed by atoms with van der Waals surface area (Å²) in [5, 5.41) is 0.742. The first kappa shape index (κ1) is 15.3. The predicted molar refractivity (Wildman–Crippen MR) is 87.2 cm³/mol. The summed E-state index contributed by atoms with van der Waals surface area (Å²) >= 11 is 8.43. The molecule has 102 valence electrons. The second kappa shape index (κ2) is 6.56. The molecule has 1 fully saturated rings. The fourth-order valence-electron chi connectivity index (χ4n) is 2.47. The number of piperidine rings is 1. The molecule has 0 aliphatic carbocycles. The SMILES string of the molecule is BN1CCC(OCC=O)(c2ccc(I)c(Cl)c2)CC1. The van der Waals surface area contributed by atoms with Gasteiger partial charge in [0.15, 0.2) is 7.98 Å². The lowest BCUT2D eigenvalue weighted by molar-refractivity contribution is -0.124. The number of aldehydes is 1. The minimum atomic E-state index is -0.374. The van der Waals surface area contributed by atoms with E-state index < -0.39 is 0 Å². The highest BCUT2D eigenvalue weighted by Crippen LogP contribution is 2.38. The van der Waals surface area contributed by atoms with E-state index in [1.165, 1.54) is 0 Å². The summed E-state index contributed by atoms with van der Waals surface area (Å²) in [6, 6.07) is 6.03. The molecule has 0 atom stereocenters. The van der Waals surface area contributed by atoms with Crippen LogP contribution in [0.4, 0.5) is 0 Å². The second-order valence-corrected chi connectivity index (χ2v) is 6.47. The first-order valence-corrected chi connectivity index (χ1v) is 7.75. The van der Waals surface area contributed by atoms with Crippen LogP contribution in [-0.4, -0.2) is 38.8 Å². The van der Waals surface area contributed by atoms with E-state index in [9.17, 15) is 4.79 Å². The predicted octanol–water partition coefficient (Wildman–Crippen LogP) is 2.00. The highest BCUT2D eigenvalue weighted by molar-refractivity contribution is 14.1. The first-order chi connectivity index (χ1) is 9.07. The van der Waals surface area contributed by atoms with Gasteiger partial charge in [-0.3, -0.25) is 0 Å². The Kier molecular flexibility index (Phi) is 5.28. The van der Waals surface area contributed by atoms with Crippen LogP contribution in [0.25, 0.3) is 0 Å². The maximum atomic E-state index is 10.6. The molecule has 1 aromatic carbocycles. The van der Waals surface area contributed by atoms with Crippen molar-refractivity contribution in [3.8, 4) is 0 Å². The van der Waals surface area contributed by atoms with Crippen molar-refractivity contribution in [2.45, 2.75) is 18.4 Å². The van der Waals surface area contributed by atoms with Gasteiger partial charge in [0.2, 0.25) is 0 Å². The maximum Gasteiger partial charge on any atom is 0.185 e. The summed E-state index contributed by atoms with van der Waals surface area (Å²) in [5.74, 6) is 0. The third-order valence-corrected chi connectivity index (χ3v) is 5.24. The Morgan fingerprint density at radius 1 is 1.47 bits per heavy atom. The van der Waals surface area contributed by atoms with Crippen molar-refractivity contribution in [2.24, 2.45) is 0 Å². The van der Waals surface area contributed by atoms with Crippen molar-refractivity contribution in [3.05, 3.63) is 32.4 Å². The van der Waals surface area contributed by atoms with E-state index in [2.05, 4.69) is 41.4 Å². The lowest BCUT2D eigenvalue weighted by atomic mass is 9.83. The summed E-state index contributed by atoms with van der Waals surface area (Å²) in [6.45, 7) is 2.05. The lowest BCUT2D eigenvalue weighted by Crippen LogP contribution is -2.43. The van der Waals surface area contributed by atoms with E-state index >= 15 is 0 Å². The van der Waals surface area contributed by atoms with Crippen LogP contribution < -0.4 is 0 Å². The maximum absolute atomic E-state index is 10.6. The standard InChI is InChI=1S/C13H16BClINO2/c14-17-5-3-13(4-6-17,19-8-7-18)10-1-2-12(16)11(15)9-10/h1-2,7,9H,3-6,8,14H2. The zero-order chi connectivity index (χ0) is 13.9. The molecule has 0 radical (unpaired) electrons. The van der Waals surface area contributed by atoms with E-state index in [-0.39, 0.29) is 12.2 Å². The lowest BCUT2D eigenvalue weighted by Gasteiger charge is -2.41. The summed E-state index contributed by atoms with van der Waals surface area (Å²) in [6.07, 6.45) is 2.58. The average Bonchev–Trinajstić information content (AvgIpc) is 2.42. The van der Waals surface area contributed by atoms with Crippen molar-refractivity contribution in [1.29, 1.82) is 0 Å². The highest BCUT2D eigenvalue weighted by atomic mass is 127. The number of halogens is 2. The van der Waals surface area contributed by atoms with Gasteiger partial charge in [-0.05, 0) is 66.2 Å². The Balaban J connectivity index is 2.30. The van der Waals surface area contributed by atoms with Gasteiger partial charge in [-0.15, -0.1) is 0 Å². The topological polar surface area (TPSA) is 29.5 Å². The molecule has 1 heterocycles. The average molecular weight is 391 g/mol. The van der Waals surface area contributed by atoms with Crippen molar-refractivity contribution in [1.82, 2.24) is 4.81 Å². The number of hydrogen-bond donors (Lipinski definition) is 0. The number of rotatable bonds is 4. The van der Waals surface area contributed by atoms with Gasteiger partial charge >= 0.3 is 0 Å². The summed E-state index contributed by atoms with van der Waals surface area (Å²) in [4.78, 5) is 12.9. The molecule has 0 amide bonds. The molecule has 0 spiro atoms. The van der Waals surface area contributed by atoms with E-state index in [1.54, 1.807) is 0 Å². The van der Waals surface area contributed by atoms with Gasteiger partial charge < -0.3 is 14.3 Å². The molecule has 3 nitrogen and oxygen atoms in total. The molecule has 1 aliphatic heterocycles. The summed E-state index contributed by atoms with van der Waals surface area (Å²) in [5.41, 5.74) is 0.703. The molecular weight excluding hydrogens is 375 g/mol. The quantitative estimate of drug-likeness (QED) is 0.447.